The third-order valence-corrected chi connectivity index (χ3v) is 4.52. The minimum absolute atomic E-state index is 0.0161. The number of benzene rings is 1. The summed E-state index contributed by atoms with van der Waals surface area (Å²) in [6, 6.07) is 7.85. The zero-order chi connectivity index (χ0) is 14.5. The van der Waals surface area contributed by atoms with Crippen LogP contribution in [0.25, 0.3) is 0 Å². The van der Waals surface area contributed by atoms with Crippen LogP contribution < -0.4 is 5.32 Å². The molecule has 1 aromatic carbocycles. The molecule has 0 aliphatic heterocycles. The Kier molecular flexibility index (Phi) is 5.20. The van der Waals surface area contributed by atoms with Crippen molar-refractivity contribution in [3.05, 3.63) is 45.9 Å². The van der Waals surface area contributed by atoms with E-state index >= 15 is 0 Å². The number of hydrogen-bond acceptors (Lipinski definition) is 4. The van der Waals surface area contributed by atoms with Gasteiger partial charge in [-0.25, -0.2) is 4.98 Å². The normalized spacial score (nSPS) is 10.8. The quantitative estimate of drug-likeness (QED) is 0.852. The molecule has 1 N–H and O–H groups in total. The van der Waals surface area contributed by atoms with Gasteiger partial charge in [-0.05, 0) is 32.9 Å². The molecular weight excluding hydrogens is 288 g/mol. The summed E-state index contributed by atoms with van der Waals surface area (Å²) in [6.45, 7) is 5.93. The van der Waals surface area contributed by atoms with Crippen molar-refractivity contribution >= 4 is 29.0 Å². The highest BCUT2D eigenvalue weighted by Gasteiger charge is 2.12. The number of thiazole rings is 1. The average Bonchev–Trinajstić information content (AvgIpc) is 2.82. The molecule has 1 heterocycles. The fraction of sp³-hybridized carbons (Fsp3) is 0.333. The predicted molar refractivity (Wildman–Crippen MR) is 85.5 cm³/mol. The number of thioether (sulfide) groups is 1. The molecule has 1 aromatic heterocycles. The number of nitrogens with one attached hydrogen (secondary N) is 1. The third-order valence-electron chi connectivity index (χ3n) is 2.59. The van der Waals surface area contributed by atoms with E-state index in [2.05, 4.69) is 15.7 Å². The Balaban J connectivity index is 2.09. The summed E-state index contributed by atoms with van der Waals surface area (Å²) >= 11 is 3.31. The van der Waals surface area contributed by atoms with Gasteiger partial charge in [0.05, 0.1) is 16.3 Å². The van der Waals surface area contributed by atoms with E-state index in [0.29, 0.717) is 0 Å². The van der Waals surface area contributed by atoms with Crippen molar-refractivity contribution in [1.29, 1.82) is 0 Å². The molecule has 5 heteroatoms. The molecule has 0 aliphatic rings. The van der Waals surface area contributed by atoms with Crippen molar-refractivity contribution in [2.75, 3.05) is 0 Å². The lowest BCUT2D eigenvalue weighted by atomic mass is 10.2. The molecule has 20 heavy (non-hydrogen) atoms. The van der Waals surface area contributed by atoms with Crippen LogP contribution in [0.3, 0.4) is 0 Å². The Morgan fingerprint density at radius 3 is 2.80 bits per heavy atom. The maximum Gasteiger partial charge on any atom is 0.252 e. The van der Waals surface area contributed by atoms with Crippen LogP contribution in [0.4, 0.5) is 0 Å². The van der Waals surface area contributed by atoms with Crippen LogP contribution in [0.5, 0.6) is 0 Å². The van der Waals surface area contributed by atoms with Crippen LogP contribution in [0.15, 0.2) is 34.5 Å². The number of rotatable bonds is 5. The molecule has 0 atom stereocenters. The van der Waals surface area contributed by atoms with Gasteiger partial charge in [0.25, 0.3) is 5.91 Å². The largest absolute Gasteiger partial charge is 0.350 e. The lowest BCUT2D eigenvalue weighted by Crippen LogP contribution is -2.30. The van der Waals surface area contributed by atoms with Gasteiger partial charge in [0.1, 0.15) is 0 Å². The molecule has 2 aromatic rings. The minimum Gasteiger partial charge on any atom is -0.350 e. The van der Waals surface area contributed by atoms with E-state index in [1.807, 2.05) is 45.0 Å². The number of hydrogen-bond donors (Lipinski definition) is 1. The maximum atomic E-state index is 12.2. The smallest absolute Gasteiger partial charge is 0.252 e. The monoisotopic (exact) mass is 306 g/mol. The van der Waals surface area contributed by atoms with E-state index in [1.54, 1.807) is 23.1 Å². The topological polar surface area (TPSA) is 42.0 Å². The first-order chi connectivity index (χ1) is 9.56. The number of carbonyl (C=O) groups excluding carboxylic acids is 1. The fourth-order valence-corrected chi connectivity index (χ4v) is 3.41. The van der Waals surface area contributed by atoms with Gasteiger partial charge in [0.2, 0.25) is 0 Å². The van der Waals surface area contributed by atoms with E-state index in [9.17, 15) is 4.79 Å². The predicted octanol–water partition coefficient (Wildman–Crippen LogP) is 3.88. The van der Waals surface area contributed by atoms with Crippen molar-refractivity contribution in [3.63, 3.8) is 0 Å². The van der Waals surface area contributed by atoms with Gasteiger partial charge in [-0.3, -0.25) is 4.79 Å². The van der Waals surface area contributed by atoms with E-state index in [4.69, 9.17) is 0 Å². The van der Waals surface area contributed by atoms with Gasteiger partial charge in [-0.2, -0.15) is 0 Å². The van der Waals surface area contributed by atoms with Gasteiger partial charge in [-0.15, -0.1) is 23.1 Å². The lowest BCUT2D eigenvalue weighted by molar-refractivity contribution is 0.0940. The Morgan fingerprint density at radius 2 is 2.15 bits per heavy atom. The molecule has 0 radical (unpaired) electrons. The van der Waals surface area contributed by atoms with Crippen molar-refractivity contribution in [2.24, 2.45) is 0 Å². The van der Waals surface area contributed by atoms with Crippen LogP contribution >= 0.6 is 23.1 Å². The zero-order valence-corrected chi connectivity index (χ0v) is 13.5. The summed E-state index contributed by atoms with van der Waals surface area (Å²) in [4.78, 5) is 17.6. The van der Waals surface area contributed by atoms with E-state index in [-0.39, 0.29) is 11.9 Å². The van der Waals surface area contributed by atoms with Gasteiger partial charge in [0.15, 0.2) is 0 Å². The standard InChI is InChI=1S/C15H18N2OS2/c1-10(2)16-15(18)13-6-4-5-7-14(13)20-9-12-8-19-11(3)17-12/h4-8,10H,9H2,1-3H3,(H,16,18). The average molecular weight is 306 g/mol. The molecule has 0 unspecified atom stereocenters. The van der Waals surface area contributed by atoms with Gasteiger partial charge in [0, 0.05) is 22.1 Å². The fourth-order valence-electron chi connectivity index (χ4n) is 1.75. The number of aryl methyl sites for hydroxylation is 1. The molecule has 0 spiro atoms. The summed E-state index contributed by atoms with van der Waals surface area (Å²) in [6.07, 6.45) is 0. The Morgan fingerprint density at radius 1 is 1.40 bits per heavy atom. The second kappa shape index (κ2) is 6.90. The van der Waals surface area contributed by atoms with Crippen molar-refractivity contribution in [2.45, 2.75) is 37.5 Å². The first kappa shape index (κ1) is 15.1. The number of nitrogens with zero attached hydrogens (tertiary/aromatic N) is 1. The second-order valence-electron chi connectivity index (χ2n) is 4.77. The summed E-state index contributed by atoms with van der Waals surface area (Å²) in [5.74, 6) is 0.772. The number of aromatic nitrogens is 1. The zero-order valence-electron chi connectivity index (χ0n) is 11.8. The highest BCUT2D eigenvalue weighted by atomic mass is 32.2. The Hall–Kier alpha value is -1.33. The molecule has 0 bridgehead atoms. The summed E-state index contributed by atoms with van der Waals surface area (Å²) in [7, 11) is 0. The Labute approximate surface area is 127 Å². The van der Waals surface area contributed by atoms with Gasteiger partial charge < -0.3 is 5.32 Å². The van der Waals surface area contributed by atoms with Gasteiger partial charge >= 0.3 is 0 Å². The van der Waals surface area contributed by atoms with Crippen molar-refractivity contribution < 1.29 is 4.79 Å². The molecule has 3 nitrogen and oxygen atoms in total. The molecule has 0 saturated carbocycles. The third kappa shape index (κ3) is 4.08. The lowest BCUT2D eigenvalue weighted by Gasteiger charge is -2.11. The first-order valence-electron chi connectivity index (χ1n) is 6.50. The van der Waals surface area contributed by atoms with Crippen LogP contribution in [-0.4, -0.2) is 16.9 Å². The number of amides is 1. The van der Waals surface area contributed by atoms with Crippen molar-refractivity contribution in [3.8, 4) is 0 Å². The van der Waals surface area contributed by atoms with Crippen molar-refractivity contribution in [1.82, 2.24) is 10.3 Å². The number of carbonyl (C=O) groups is 1. The molecule has 2 rings (SSSR count). The molecular formula is C15H18N2OS2. The second-order valence-corrected chi connectivity index (χ2v) is 6.85. The molecule has 0 fully saturated rings. The first-order valence-corrected chi connectivity index (χ1v) is 8.36. The SMILES string of the molecule is Cc1nc(CSc2ccccc2C(=O)NC(C)C)cs1. The summed E-state index contributed by atoms with van der Waals surface area (Å²) in [5.41, 5.74) is 1.80. The molecule has 1 amide bonds. The van der Waals surface area contributed by atoms with Crippen LogP contribution in [-0.2, 0) is 5.75 Å². The van der Waals surface area contributed by atoms with E-state index in [0.717, 1.165) is 26.9 Å². The maximum absolute atomic E-state index is 12.2. The summed E-state index contributed by atoms with van der Waals surface area (Å²) in [5, 5.41) is 6.08. The molecule has 0 aliphatic carbocycles. The van der Waals surface area contributed by atoms with Crippen LogP contribution in [0.1, 0.15) is 34.9 Å². The van der Waals surface area contributed by atoms with E-state index < -0.39 is 0 Å². The summed E-state index contributed by atoms with van der Waals surface area (Å²) < 4.78 is 0. The van der Waals surface area contributed by atoms with Crippen LogP contribution in [0, 0.1) is 6.92 Å². The Bertz CT molecular complexity index is 593. The van der Waals surface area contributed by atoms with Crippen LogP contribution in [0.2, 0.25) is 0 Å². The van der Waals surface area contributed by atoms with E-state index in [1.165, 1.54) is 0 Å². The van der Waals surface area contributed by atoms with Gasteiger partial charge in [-0.1, -0.05) is 12.1 Å². The highest BCUT2D eigenvalue weighted by Crippen LogP contribution is 2.26. The molecule has 106 valence electrons. The highest BCUT2D eigenvalue weighted by molar-refractivity contribution is 7.98. The molecule has 0 saturated heterocycles. The minimum atomic E-state index is -0.0161.